The zero-order valence-corrected chi connectivity index (χ0v) is 10.2. The number of benzene rings is 1. The maximum absolute atomic E-state index is 12.8. The first kappa shape index (κ1) is 13.4. The first-order valence-electron chi connectivity index (χ1n) is 5.64. The SMILES string of the molecule is COc1ccc(Cc2ncccc2C(F)(F)F)cc1. The zero-order valence-electron chi connectivity index (χ0n) is 10.2. The number of halogens is 3. The van der Waals surface area contributed by atoms with E-state index < -0.39 is 11.7 Å². The Morgan fingerprint density at radius 3 is 2.37 bits per heavy atom. The molecular formula is C14H12F3NO. The molecule has 1 heterocycles. The summed E-state index contributed by atoms with van der Waals surface area (Å²) < 4.78 is 43.4. The Kier molecular flexibility index (Phi) is 3.74. The van der Waals surface area contributed by atoms with Gasteiger partial charge >= 0.3 is 6.18 Å². The van der Waals surface area contributed by atoms with Crippen molar-refractivity contribution in [3.05, 3.63) is 59.4 Å². The predicted octanol–water partition coefficient (Wildman–Crippen LogP) is 3.70. The van der Waals surface area contributed by atoms with Gasteiger partial charge in [0.1, 0.15) is 5.75 Å². The highest BCUT2D eigenvalue weighted by molar-refractivity contribution is 5.32. The van der Waals surface area contributed by atoms with Crippen molar-refractivity contribution in [3.63, 3.8) is 0 Å². The second kappa shape index (κ2) is 5.30. The lowest BCUT2D eigenvalue weighted by atomic mass is 10.0. The summed E-state index contributed by atoms with van der Waals surface area (Å²) >= 11 is 0. The number of ether oxygens (including phenoxy) is 1. The molecule has 100 valence electrons. The van der Waals surface area contributed by atoms with Gasteiger partial charge in [0.15, 0.2) is 0 Å². The summed E-state index contributed by atoms with van der Waals surface area (Å²) in [6.07, 6.45) is -2.87. The fraction of sp³-hybridized carbons (Fsp3) is 0.214. The van der Waals surface area contributed by atoms with Crippen LogP contribution in [0, 0.1) is 0 Å². The Morgan fingerprint density at radius 1 is 1.11 bits per heavy atom. The minimum atomic E-state index is -4.38. The van der Waals surface area contributed by atoms with E-state index in [0.717, 1.165) is 11.6 Å². The minimum absolute atomic E-state index is 0.0279. The molecule has 0 aliphatic rings. The van der Waals surface area contributed by atoms with Crippen LogP contribution in [0.5, 0.6) is 5.75 Å². The van der Waals surface area contributed by atoms with E-state index in [0.29, 0.717) is 5.75 Å². The van der Waals surface area contributed by atoms with Crippen molar-refractivity contribution in [2.45, 2.75) is 12.6 Å². The number of nitrogens with zero attached hydrogens (tertiary/aromatic N) is 1. The number of aromatic nitrogens is 1. The van der Waals surface area contributed by atoms with Crippen LogP contribution in [0.2, 0.25) is 0 Å². The van der Waals surface area contributed by atoms with Crippen LogP contribution in [0.25, 0.3) is 0 Å². The third-order valence-corrected chi connectivity index (χ3v) is 2.73. The van der Waals surface area contributed by atoms with Crippen LogP contribution in [0.15, 0.2) is 42.6 Å². The molecule has 2 aromatic rings. The Bertz CT molecular complexity index is 549. The summed E-state index contributed by atoms with van der Waals surface area (Å²) in [5.74, 6) is 0.667. The second-order valence-corrected chi connectivity index (χ2v) is 4.02. The van der Waals surface area contributed by atoms with Gasteiger partial charge in [-0.3, -0.25) is 4.98 Å². The average Bonchev–Trinajstić information content (AvgIpc) is 2.39. The standard InChI is InChI=1S/C14H12F3NO/c1-19-11-6-4-10(5-7-11)9-13-12(14(15,16)17)3-2-8-18-13/h2-8H,9H2,1H3. The maximum Gasteiger partial charge on any atom is 0.418 e. The van der Waals surface area contributed by atoms with E-state index in [1.807, 2.05) is 0 Å². The Morgan fingerprint density at radius 2 is 1.79 bits per heavy atom. The molecule has 0 N–H and O–H groups in total. The summed E-state index contributed by atoms with van der Waals surface area (Å²) in [7, 11) is 1.54. The molecule has 0 saturated carbocycles. The molecule has 0 unspecified atom stereocenters. The van der Waals surface area contributed by atoms with Gasteiger partial charge in [0, 0.05) is 12.6 Å². The van der Waals surface area contributed by atoms with E-state index in [2.05, 4.69) is 4.98 Å². The largest absolute Gasteiger partial charge is 0.497 e. The molecule has 0 atom stereocenters. The highest BCUT2D eigenvalue weighted by atomic mass is 19.4. The van der Waals surface area contributed by atoms with Crippen molar-refractivity contribution >= 4 is 0 Å². The molecule has 19 heavy (non-hydrogen) atoms. The number of rotatable bonds is 3. The zero-order chi connectivity index (χ0) is 13.9. The fourth-order valence-electron chi connectivity index (χ4n) is 1.77. The van der Waals surface area contributed by atoms with Crippen LogP contribution in [0.1, 0.15) is 16.8 Å². The molecule has 0 aliphatic heterocycles. The highest BCUT2D eigenvalue weighted by Crippen LogP contribution is 2.31. The van der Waals surface area contributed by atoms with E-state index in [9.17, 15) is 13.2 Å². The number of methoxy groups -OCH3 is 1. The van der Waals surface area contributed by atoms with Crippen LogP contribution in [0.4, 0.5) is 13.2 Å². The first-order chi connectivity index (χ1) is 9.00. The van der Waals surface area contributed by atoms with Gasteiger partial charge in [-0.05, 0) is 29.8 Å². The summed E-state index contributed by atoms with van der Waals surface area (Å²) in [4.78, 5) is 3.83. The smallest absolute Gasteiger partial charge is 0.418 e. The third-order valence-electron chi connectivity index (χ3n) is 2.73. The normalized spacial score (nSPS) is 11.4. The molecule has 2 nitrogen and oxygen atoms in total. The summed E-state index contributed by atoms with van der Waals surface area (Å²) in [5.41, 5.74) is 0.0935. The molecule has 0 saturated heterocycles. The van der Waals surface area contributed by atoms with Crippen molar-refractivity contribution in [1.29, 1.82) is 0 Å². The Balaban J connectivity index is 2.28. The van der Waals surface area contributed by atoms with Crippen molar-refractivity contribution in [1.82, 2.24) is 4.98 Å². The Hall–Kier alpha value is -2.04. The summed E-state index contributed by atoms with van der Waals surface area (Å²) in [5, 5.41) is 0. The van der Waals surface area contributed by atoms with Gasteiger partial charge in [0.25, 0.3) is 0 Å². The molecule has 1 aromatic heterocycles. The van der Waals surface area contributed by atoms with Crippen LogP contribution >= 0.6 is 0 Å². The van der Waals surface area contributed by atoms with E-state index in [1.165, 1.54) is 19.4 Å². The lowest BCUT2D eigenvalue weighted by Gasteiger charge is -2.11. The van der Waals surface area contributed by atoms with Gasteiger partial charge in [-0.15, -0.1) is 0 Å². The van der Waals surface area contributed by atoms with E-state index in [-0.39, 0.29) is 12.1 Å². The van der Waals surface area contributed by atoms with Gasteiger partial charge in [0.2, 0.25) is 0 Å². The quantitative estimate of drug-likeness (QED) is 0.846. The van der Waals surface area contributed by atoms with Gasteiger partial charge in [-0.25, -0.2) is 0 Å². The lowest BCUT2D eigenvalue weighted by molar-refractivity contribution is -0.138. The molecule has 0 radical (unpaired) electrons. The molecule has 0 aliphatic carbocycles. The van der Waals surface area contributed by atoms with Crippen molar-refractivity contribution in [2.75, 3.05) is 7.11 Å². The van der Waals surface area contributed by atoms with Gasteiger partial charge < -0.3 is 4.74 Å². The fourth-order valence-corrected chi connectivity index (χ4v) is 1.77. The molecule has 0 bridgehead atoms. The van der Waals surface area contributed by atoms with E-state index in [4.69, 9.17) is 4.74 Å². The van der Waals surface area contributed by atoms with Crippen molar-refractivity contribution in [2.24, 2.45) is 0 Å². The lowest BCUT2D eigenvalue weighted by Crippen LogP contribution is -2.10. The van der Waals surface area contributed by atoms with Crippen LogP contribution in [0.3, 0.4) is 0 Å². The topological polar surface area (TPSA) is 22.1 Å². The van der Waals surface area contributed by atoms with Crippen molar-refractivity contribution in [3.8, 4) is 5.75 Å². The third kappa shape index (κ3) is 3.24. The summed E-state index contributed by atoms with van der Waals surface area (Å²) in [6.45, 7) is 0. The van der Waals surface area contributed by atoms with E-state index >= 15 is 0 Å². The molecule has 1 aromatic carbocycles. The molecule has 0 fully saturated rings. The maximum atomic E-state index is 12.8. The van der Waals surface area contributed by atoms with Gasteiger partial charge in [0.05, 0.1) is 18.4 Å². The van der Waals surface area contributed by atoms with Gasteiger partial charge in [-0.2, -0.15) is 13.2 Å². The minimum Gasteiger partial charge on any atom is -0.497 e. The number of alkyl halides is 3. The molecule has 0 spiro atoms. The Labute approximate surface area is 108 Å². The van der Waals surface area contributed by atoms with Crippen molar-refractivity contribution < 1.29 is 17.9 Å². The molecular weight excluding hydrogens is 255 g/mol. The van der Waals surface area contributed by atoms with Crippen LogP contribution in [-0.2, 0) is 12.6 Å². The predicted molar refractivity (Wildman–Crippen MR) is 65.0 cm³/mol. The van der Waals surface area contributed by atoms with Crippen LogP contribution < -0.4 is 4.74 Å². The van der Waals surface area contributed by atoms with Gasteiger partial charge in [-0.1, -0.05) is 12.1 Å². The molecule has 2 rings (SSSR count). The highest BCUT2D eigenvalue weighted by Gasteiger charge is 2.33. The number of hydrogen-bond acceptors (Lipinski definition) is 2. The second-order valence-electron chi connectivity index (χ2n) is 4.02. The number of pyridine rings is 1. The summed E-state index contributed by atoms with van der Waals surface area (Å²) in [6, 6.07) is 9.23. The molecule has 5 heteroatoms. The first-order valence-corrected chi connectivity index (χ1v) is 5.64. The van der Waals surface area contributed by atoms with E-state index in [1.54, 1.807) is 24.3 Å². The monoisotopic (exact) mass is 267 g/mol. The van der Waals surface area contributed by atoms with Crippen LogP contribution in [-0.4, -0.2) is 12.1 Å². The molecule has 0 amide bonds. The number of hydrogen-bond donors (Lipinski definition) is 0. The average molecular weight is 267 g/mol.